The maximum atomic E-state index is 13.5. The Morgan fingerprint density at radius 3 is 2.47 bits per heavy atom. The molecule has 0 spiro atoms. The lowest BCUT2D eigenvalue weighted by atomic mass is 10.0. The van der Waals surface area contributed by atoms with Crippen molar-refractivity contribution < 1.29 is 9.59 Å². The average molecular weight is 554 g/mol. The Morgan fingerprint density at radius 1 is 1.00 bits per heavy atom. The molecule has 0 radical (unpaired) electrons. The number of para-hydroxylation sites is 1. The van der Waals surface area contributed by atoms with Crippen molar-refractivity contribution in [3.05, 3.63) is 87.1 Å². The molecule has 2 amide bonds. The highest BCUT2D eigenvalue weighted by atomic mass is 35.5. The van der Waals surface area contributed by atoms with Gasteiger partial charge in [0.2, 0.25) is 11.8 Å². The molecular weight excluding hydrogens is 518 g/mol. The average Bonchev–Trinajstić information content (AvgIpc) is 3.46. The third-order valence-electron chi connectivity index (χ3n) is 6.73. The Labute approximate surface area is 234 Å². The lowest BCUT2D eigenvalue weighted by molar-refractivity contribution is -0.136. The van der Waals surface area contributed by atoms with Crippen LogP contribution in [0.25, 0.3) is 0 Å². The Morgan fingerprint density at radius 2 is 1.76 bits per heavy atom. The van der Waals surface area contributed by atoms with Crippen LogP contribution >= 0.6 is 22.9 Å². The van der Waals surface area contributed by atoms with E-state index < -0.39 is 6.04 Å². The molecule has 0 saturated carbocycles. The molecule has 4 N–H and O–H groups in total. The topological polar surface area (TPSA) is 90.7 Å². The van der Waals surface area contributed by atoms with Crippen LogP contribution in [0.15, 0.2) is 66.0 Å². The predicted molar refractivity (Wildman–Crippen MR) is 156 cm³/mol. The zero-order valence-electron chi connectivity index (χ0n) is 21.6. The van der Waals surface area contributed by atoms with E-state index in [1.807, 2.05) is 17.0 Å². The van der Waals surface area contributed by atoms with Gasteiger partial charge in [-0.1, -0.05) is 48.0 Å². The van der Waals surface area contributed by atoms with Gasteiger partial charge < -0.3 is 26.2 Å². The number of hydrogen-bond donors (Lipinski definition) is 3. The number of nitrogens with two attached hydrogens (primary N) is 1. The van der Waals surface area contributed by atoms with Crippen LogP contribution < -0.4 is 21.3 Å². The van der Waals surface area contributed by atoms with Crippen molar-refractivity contribution in [2.75, 3.05) is 44.2 Å². The summed E-state index contributed by atoms with van der Waals surface area (Å²) in [6.45, 7) is 4.66. The van der Waals surface area contributed by atoms with E-state index in [9.17, 15) is 9.59 Å². The Balaban J connectivity index is 1.34. The summed E-state index contributed by atoms with van der Waals surface area (Å²) in [6, 6.07) is 19.5. The second-order valence-corrected chi connectivity index (χ2v) is 10.9. The molecule has 2 aromatic carbocycles. The van der Waals surface area contributed by atoms with Crippen LogP contribution in [0.4, 0.5) is 5.69 Å². The highest BCUT2D eigenvalue weighted by molar-refractivity contribution is 7.09. The fourth-order valence-electron chi connectivity index (χ4n) is 4.70. The molecule has 0 bridgehead atoms. The molecule has 2 heterocycles. The molecule has 1 aromatic heterocycles. The molecule has 1 saturated heterocycles. The number of amides is 2. The number of thiophene rings is 1. The van der Waals surface area contributed by atoms with Gasteiger partial charge in [-0.3, -0.25) is 9.59 Å². The highest BCUT2D eigenvalue weighted by Crippen LogP contribution is 2.22. The fourth-order valence-corrected chi connectivity index (χ4v) is 5.54. The van der Waals surface area contributed by atoms with Gasteiger partial charge in [-0.15, -0.1) is 11.3 Å². The normalized spacial score (nSPS) is 14.4. The summed E-state index contributed by atoms with van der Waals surface area (Å²) >= 11 is 7.81. The standard InChI is InChI=1S/C29H36ClN5O2S/c30-24-9-7-22(8-10-24)20-26(33-28(36)11-13-31)29(37)35-17-15-34(16-18-35)27-6-2-1-4-23(27)21-32-14-12-25-5-3-19-38-25/h1-10,19,26,32H,11-18,20-21,31H2,(H,33,36). The van der Waals surface area contributed by atoms with Gasteiger partial charge in [0, 0.05) is 74.2 Å². The molecule has 3 aromatic rings. The molecule has 4 rings (SSSR count). The minimum absolute atomic E-state index is 0.0616. The van der Waals surface area contributed by atoms with Gasteiger partial charge in [0.15, 0.2) is 0 Å². The lowest BCUT2D eigenvalue weighted by Gasteiger charge is -2.38. The van der Waals surface area contributed by atoms with Crippen molar-refractivity contribution in [3.63, 3.8) is 0 Å². The first-order valence-electron chi connectivity index (χ1n) is 13.1. The minimum Gasteiger partial charge on any atom is -0.368 e. The van der Waals surface area contributed by atoms with E-state index in [1.165, 1.54) is 16.1 Å². The van der Waals surface area contributed by atoms with Gasteiger partial charge in [0.1, 0.15) is 6.04 Å². The molecule has 202 valence electrons. The molecule has 7 nitrogen and oxygen atoms in total. The van der Waals surface area contributed by atoms with E-state index in [0.717, 1.165) is 38.2 Å². The van der Waals surface area contributed by atoms with Gasteiger partial charge in [-0.25, -0.2) is 0 Å². The fraction of sp³-hybridized carbons (Fsp3) is 0.379. The third kappa shape index (κ3) is 8.04. The van der Waals surface area contributed by atoms with Gasteiger partial charge >= 0.3 is 0 Å². The van der Waals surface area contributed by atoms with E-state index in [-0.39, 0.29) is 24.8 Å². The number of benzene rings is 2. The van der Waals surface area contributed by atoms with Crippen LogP contribution in [0.1, 0.15) is 22.4 Å². The van der Waals surface area contributed by atoms with E-state index >= 15 is 0 Å². The van der Waals surface area contributed by atoms with Crippen LogP contribution in [0, 0.1) is 0 Å². The number of halogens is 1. The van der Waals surface area contributed by atoms with Crippen molar-refractivity contribution in [1.29, 1.82) is 0 Å². The van der Waals surface area contributed by atoms with Crippen LogP contribution in [-0.2, 0) is 29.0 Å². The van der Waals surface area contributed by atoms with Crippen LogP contribution in [0.3, 0.4) is 0 Å². The smallest absolute Gasteiger partial charge is 0.245 e. The molecule has 1 atom stereocenters. The zero-order chi connectivity index (χ0) is 26.7. The first kappa shape index (κ1) is 28.1. The van der Waals surface area contributed by atoms with Gasteiger partial charge in [-0.05, 0) is 47.2 Å². The number of piperazine rings is 1. The Hall–Kier alpha value is -2.91. The zero-order valence-corrected chi connectivity index (χ0v) is 23.1. The number of rotatable bonds is 12. The summed E-state index contributed by atoms with van der Waals surface area (Å²) in [4.78, 5) is 31.5. The van der Waals surface area contributed by atoms with E-state index in [4.69, 9.17) is 17.3 Å². The summed E-state index contributed by atoms with van der Waals surface area (Å²) < 4.78 is 0. The van der Waals surface area contributed by atoms with Crippen LogP contribution in [0.2, 0.25) is 5.02 Å². The maximum absolute atomic E-state index is 13.5. The molecule has 38 heavy (non-hydrogen) atoms. The predicted octanol–water partition coefficient (Wildman–Crippen LogP) is 3.46. The molecule has 0 aliphatic carbocycles. The van der Waals surface area contributed by atoms with Crippen molar-refractivity contribution in [1.82, 2.24) is 15.5 Å². The third-order valence-corrected chi connectivity index (χ3v) is 7.91. The van der Waals surface area contributed by atoms with Gasteiger partial charge in [0.25, 0.3) is 0 Å². The van der Waals surface area contributed by atoms with E-state index in [1.54, 1.807) is 23.5 Å². The minimum atomic E-state index is -0.637. The SMILES string of the molecule is NCCC(=O)NC(Cc1ccc(Cl)cc1)C(=O)N1CCN(c2ccccc2CNCCc2cccs2)CC1. The highest BCUT2D eigenvalue weighted by Gasteiger charge is 2.29. The van der Waals surface area contributed by atoms with Crippen molar-refractivity contribution in [3.8, 4) is 0 Å². The molecule has 1 aliphatic rings. The van der Waals surface area contributed by atoms with Crippen molar-refractivity contribution in [2.45, 2.75) is 31.8 Å². The molecule has 1 unspecified atom stereocenters. The summed E-state index contributed by atoms with van der Waals surface area (Å²) in [5.74, 6) is -0.271. The number of anilines is 1. The number of hydrogen-bond acceptors (Lipinski definition) is 6. The quantitative estimate of drug-likeness (QED) is 0.299. The number of nitrogens with zero attached hydrogens (tertiary/aromatic N) is 2. The van der Waals surface area contributed by atoms with Gasteiger partial charge in [-0.2, -0.15) is 0 Å². The Bertz CT molecular complexity index is 1160. The van der Waals surface area contributed by atoms with E-state index in [0.29, 0.717) is 24.5 Å². The van der Waals surface area contributed by atoms with Crippen molar-refractivity contribution >= 4 is 40.4 Å². The first-order valence-corrected chi connectivity index (χ1v) is 14.4. The largest absolute Gasteiger partial charge is 0.368 e. The first-order chi connectivity index (χ1) is 18.5. The van der Waals surface area contributed by atoms with Crippen LogP contribution in [0.5, 0.6) is 0 Å². The summed E-state index contributed by atoms with van der Waals surface area (Å²) in [6.07, 6.45) is 1.63. The summed E-state index contributed by atoms with van der Waals surface area (Å²) in [5, 5.41) is 9.23. The van der Waals surface area contributed by atoms with Crippen LogP contribution in [-0.4, -0.2) is 62.0 Å². The summed E-state index contributed by atoms with van der Waals surface area (Å²) in [7, 11) is 0. The number of nitrogens with one attached hydrogen (secondary N) is 2. The lowest BCUT2D eigenvalue weighted by Crippen LogP contribution is -2.55. The van der Waals surface area contributed by atoms with Gasteiger partial charge in [0.05, 0.1) is 0 Å². The number of carbonyl (C=O) groups excluding carboxylic acids is 2. The monoisotopic (exact) mass is 553 g/mol. The second kappa shape index (κ2) is 14.3. The van der Waals surface area contributed by atoms with E-state index in [2.05, 4.69) is 57.3 Å². The molecular formula is C29H36ClN5O2S. The van der Waals surface area contributed by atoms with Crippen molar-refractivity contribution in [2.24, 2.45) is 5.73 Å². The molecule has 9 heteroatoms. The second-order valence-electron chi connectivity index (χ2n) is 9.44. The number of carbonyl (C=O) groups is 2. The molecule has 1 aliphatic heterocycles. The maximum Gasteiger partial charge on any atom is 0.245 e. The summed E-state index contributed by atoms with van der Waals surface area (Å²) in [5.41, 5.74) is 8.96. The molecule has 1 fully saturated rings. The Kier molecular flexibility index (Phi) is 10.6.